The minimum atomic E-state index is -0.409. The van der Waals surface area contributed by atoms with Crippen molar-refractivity contribution < 1.29 is 4.39 Å². The quantitative estimate of drug-likeness (QED) is 0.348. The molecule has 0 fully saturated rings. The molecule has 2 N–H and O–H groups in total. The number of aliphatic imine (C=N–C) groups is 1. The van der Waals surface area contributed by atoms with Crippen LogP contribution in [0.5, 0.6) is 0 Å². The molecule has 1 heterocycles. The minimum absolute atomic E-state index is 0. The smallest absolute Gasteiger partial charge is 0.191 e. The average molecular weight is 520 g/mol. The number of nitrogens with one attached hydrogen (secondary N) is 2. The van der Waals surface area contributed by atoms with Crippen molar-refractivity contribution in [3.63, 3.8) is 0 Å². The average Bonchev–Trinajstić information content (AvgIpc) is 3.06. The maximum Gasteiger partial charge on any atom is 0.191 e. The molecule has 0 aliphatic heterocycles. The van der Waals surface area contributed by atoms with Crippen molar-refractivity contribution in [3.05, 3.63) is 52.1 Å². The van der Waals surface area contributed by atoms with Crippen molar-refractivity contribution >= 4 is 41.5 Å². The number of rotatable bonds is 5. The first-order valence-corrected chi connectivity index (χ1v) is 9.89. The highest BCUT2D eigenvalue weighted by atomic mass is 127. The van der Waals surface area contributed by atoms with Crippen molar-refractivity contribution in [2.24, 2.45) is 4.99 Å². The van der Waals surface area contributed by atoms with Crippen molar-refractivity contribution in [3.8, 4) is 0 Å². The van der Waals surface area contributed by atoms with Gasteiger partial charge in [0, 0.05) is 31.2 Å². The number of hydrogen-bond acceptors (Lipinski definition) is 2. The van der Waals surface area contributed by atoms with Crippen molar-refractivity contribution in [2.75, 3.05) is 6.54 Å². The summed E-state index contributed by atoms with van der Waals surface area (Å²) in [6.45, 7) is 7.54. The maximum absolute atomic E-state index is 13.3. The summed E-state index contributed by atoms with van der Waals surface area (Å²) < 4.78 is 15.3. The Balaban J connectivity index is 0.00000280. The molecule has 0 spiro atoms. The molecule has 1 unspecified atom stereocenters. The molecule has 1 aliphatic carbocycles. The van der Waals surface area contributed by atoms with Gasteiger partial charge < -0.3 is 10.6 Å². The first kappa shape index (κ1) is 22.9. The van der Waals surface area contributed by atoms with E-state index in [9.17, 15) is 4.39 Å². The van der Waals surface area contributed by atoms with Crippen LogP contribution in [0, 0.1) is 5.82 Å². The second-order valence-corrected chi connectivity index (χ2v) is 7.61. The van der Waals surface area contributed by atoms with Crippen molar-refractivity contribution in [1.82, 2.24) is 20.4 Å². The van der Waals surface area contributed by atoms with E-state index in [1.165, 1.54) is 17.3 Å². The molecule has 2 aromatic rings. The van der Waals surface area contributed by atoms with Crippen LogP contribution in [0.2, 0.25) is 5.02 Å². The highest BCUT2D eigenvalue weighted by molar-refractivity contribution is 14.0. The standard InChI is InChI=1S/C20H27ClFN5.HI/c1-4-23-20(24-11-14-5-8-18(22)17(21)9-14)25-16-7-6-15-12-27(13(2)3)26-19(15)10-16;/h5,8-9,12-13,16H,4,6-7,10-11H2,1-3H3,(H2,23,24,25);1H. The first-order chi connectivity index (χ1) is 13.0. The van der Waals surface area contributed by atoms with Crippen LogP contribution in [-0.4, -0.2) is 28.3 Å². The second-order valence-electron chi connectivity index (χ2n) is 7.20. The lowest BCUT2D eigenvalue weighted by Crippen LogP contribution is -2.45. The van der Waals surface area contributed by atoms with Gasteiger partial charge in [0.1, 0.15) is 5.82 Å². The van der Waals surface area contributed by atoms with Crippen molar-refractivity contribution in [2.45, 2.75) is 58.7 Å². The van der Waals surface area contributed by atoms with Gasteiger partial charge in [-0.15, -0.1) is 24.0 Å². The van der Waals surface area contributed by atoms with Crippen LogP contribution in [-0.2, 0) is 19.4 Å². The molecule has 0 amide bonds. The number of aryl methyl sites for hydroxylation is 1. The summed E-state index contributed by atoms with van der Waals surface area (Å²) in [6, 6.07) is 5.38. The topological polar surface area (TPSA) is 54.2 Å². The highest BCUT2D eigenvalue weighted by Crippen LogP contribution is 2.22. The Hall–Kier alpha value is -1.35. The van der Waals surface area contributed by atoms with Crippen LogP contribution >= 0.6 is 35.6 Å². The zero-order chi connectivity index (χ0) is 19.4. The zero-order valence-electron chi connectivity index (χ0n) is 16.5. The lowest BCUT2D eigenvalue weighted by Gasteiger charge is -2.24. The number of nitrogens with zero attached hydrogens (tertiary/aromatic N) is 3. The van der Waals surface area contributed by atoms with Gasteiger partial charge in [0.25, 0.3) is 0 Å². The predicted octanol–water partition coefficient (Wildman–Crippen LogP) is 4.49. The summed E-state index contributed by atoms with van der Waals surface area (Å²) in [7, 11) is 0. The summed E-state index contributed by atoms with van der Waals surface area (Å²) in [5.41, 5.74) is 3.40. The molecule has 1 aromatic carbocycles. The SMILES string of the molecule is CCNC(=NCc1ccc(F)c(Cl)c1)NC1CCc2cn(C(C)C)nc2C1.I. The molecular formula is C20H28ClFIN5. The molecule has 1 aromatic heterocycles. The maximum atomic E-state index is 13.3. The monoisotopic (exact) mass is 519 g/mol. The first-order valence-electron chi connectivity index (χ1n) is 9.52. The number of hydrogen-bond donors (Lipinski definition) is 2. The fourth-order valence-electron chi connectivity index (χ4n) is 3.22. The lowest BCUT2D eigenvalue weighted by atomic mass is 9.94. The number of halogens is 3. The Bertz CT molecular complexity index is 821. The van der Waals surface area contributed by atoms with Crippen LogP contribution in [0.4, 0.5) is 4.39 Å². The Kier molecular flexibility index (Phi) is 8.55. The summed E-state index contributed by atoms with van der Waals surface area (Å²) >= 11 is 5.85. The summed E-state index contributed by atoms with van der Waals surface area (Å²) in [5, 5.41) is 11.7. The predicted molar refractivity (Wildman–Crippen MR) is 123 cm³/mol. The fourth-order valence-corrected chi connectivity index (χ4v) is 3.43. The molecule has 0 bridgehead atoms. The van der Waals surface area contributed by atoms with Gasteiger partial charge in [-0.2, -0.15) is 5.10 Å². The third-order valence-corrected chi connectivity index (χ3v) is 5.00. The van der Waals surface area contributed by atoms with E-state index in [0.29, 0.717) is 18.6 Å². The second kappa shape index (κ2) is 10.4. The van der Waals surface area contributed by atoms with Gasteiger partial charge in [-0.05, 0) is 56.9 Å². The Morgan fingerprint density at radius 3 is 2.89 bits per heavy atom. The van der Waals surface area contributed by atoms with Gasteiger partial charge in [0.15, 0.2) is 5.96 Å². The molecular weight excluding hydrogens is 492 g/mol. The van der Waals surface area contributed by atoms with Crippen molar-refractivity contribution in [1.29, 1.82) is 0 Å². The minimum Gasteiger partial charge on any atom is -0.357 e. The van der Waals surface area contributed by atoms with Gasteiger partial charge in [0.2, 0.25) is 0 Å². The van der Waals surface area contributed by atoms with Gasteiger partial charge in [-0.25, -0.2) is 9.38 Å². The molecule has 5 nitrogen and oxygen atoms in total. The molecule has 0 radical (unpaired) electrons. The Labute approximate surface area is 188 Å². The van der Waals surface area contributed by atoms with Crippen LogP contribution in [0.15, 0.2) is 29.4 Å². The third kappa shape index (κ3) is 5.83. The van der Waals surface area contributed by atoms with Crippen LogP contribution < -0.4 is 10.6 Å². The third-order valence-electron chi connectivity index (χ3n) is 4.71. The van der Waals surface area contributed by atoms with Gasteiger partial charge >= 0.3 is 0 Å². The lowest BCUT2D eigenvalue weighted by molar-refractivity contribution is 0.499. The normalized spacial score (nSPS) is 16.5. The summed E-state index contributed by atoms with van der Waals surface area (Å²) in [5.74, 6) is 0.350. The highest BCUT2D eigenvalue weighted by Gasteiger charge is 2.23. The molecule has 8 heteroatoms. The summed E-state index contributed by atoms with van der Waals surface area (Å²) in [4.78, 5) is 4.63. The van der Waals surface area contributed by atoms with E-state index >= 15 is 0 Å². The Morgan fingerprint density at radius 1 is 1.43 bits per heavy atom. The molecule has 3 rings (SSSR count). The van der Waals surface area contributed by atoms with E-state index in [1.807, 2.05) is 11.6 Å². The van der Waals surface area contributed by atoms with E-state index in [1.54, 1.807) is 12.1 Å². The summed E-state index contributed by atoms with van der Waals surface area (Å²) in [6.07, 6.45) is 5.13. The van der Waals surface area contributed by atoms with E-state index in [0.717, 1.165) is 37.3 Å². The molecule has 1 aliphatic rings. The van der Waals surface area contributed by atoms with E-state index < -0.39 is 5.82 Å². The van der Waals surface area contributed by atoms with E-state index in [4.69, 9.17) is 16.7 Å². The van der Waals surface area contributed by atoms with Crippen LogP contribution in [0.3, 0.4) is 0 Å². The largest absolute Gasteiger partial charge is 0.357 e. The van der Waals surface area contributed by atoms with E-state index in [2.05, 4.69) is 35.7 Å². The molecule has 0 saturated heterocycles. The van der Waals surface area contributed by atoms with Crippen LogP contribution in [0.25, 0.3) is 0 Å². The molecule has 154 valence electrons. The van der Waals surface area contributed by atoms with Gasteiger partial charge in [0.05, 0.1) is 17.3 Å². The number of guanidine groups is 1. The van der Waals surface area contributed by atoms with Gasteiger partial charge in [-0.3, -0.25) is 4.68 Å². The van der Waals surface area contributed by atoms with Gasteiger partial charge in [-0.1, -0.05) is 17.7 Å². The zero-order valence-corrected chi connectivity index (χ0v) is 19.6. The Morgan fingerprint density at radius 2 is 2.21 bits per heavy atom. The number of benzene rings is 1. The molecule has 0 saturated carbocycles. The van der Waals surface area contributed by atoms with Crippen LogP contribution in [0.1, 0.15) is 50.1 Å². The number of fused-ring (bicyclic) bond motifs is 1. The van der Waals surface area contributed by atoms with E-state index in [-0.39, 0.29) is 29.0 Å². The molecule has 1 atom stereocenters. The fraction of sp³-hybridized carbons (Fsp3) is 0.500. The molecule has 28 heavy (non-hydrogen) atoms. The number of aromatic nitrogens is 2.